The second-order valence-electron chi connectivity index (χ2n) is 5.30. The quantitative estimate of drug-likeness (QED) is 0.828. The smallest absolute Gasteiger partial charge is 0.0474 e. The van der Waals surface area contributed by atoms with Crippen LogP contribution in [-0.2, 0) is 0 Å². The molecular formula is C18H23ClN2. The molecule has 0 fully saturated rings. The molecule has 112 valence electrons. The van der Waals surface area contributed by atoms with E-state index in [2.05, 4.69) is 73.5 Å². The molecule has 0 heterocycles. The first-order chi connectivity index (χ1) is 10.1. The number of benzene rings is 2. The Labute approximate surface area is 132 Å². The molecule has 0 saturated carbocycles. The van der Waals surface area contributed by atoms with E-state index in [1.807, 2.05) is 7.05 Å². The van der Waals surface area contributed by atoms with E-state index in [-0.39, 0.29) is 6.04 Å². The molecule has 0 aliphatic carbocycles. The van der Waals surface area contributed by atoms with Crippen LogP contribution in [0.1, 0.15) is 31.0 Å². The maximum Gasteiger partial charge on any atom is 0.0474 e. The highest BCUT2D eigenvalue weighted by Gasteiger charge is 2.12. The lowest BCUT2D eigenvalue weighted by molar-refractivity contribution is 0.652. The standard InChI is InChI=1S/C18H23ClN2/c1-5-21(15-8-6-7-13(2)11-15)16-9-10-17(14(3)20-4)18(19)12-16/h6-12,14,20H,5H2,1-4H3. The van der Waals surface area contributed by atoms with E-state index in [1.54, 1.807) is 0 Å². The summed E-state index contributed by atoms with van der Waals surface area (Å²) >= 11 is 6.46. The average molecular weight is 303 g/mol. The van der Waals surface area contributed by atoms with E-state index >= 15 is 0 Å². The number of hydrogen-bond donors (Lipinski definition) is 1. The zero-order chi connectivity index (χ0) is 15.4. The van der Waals surface area contributed by atoms with E-state index in [0.29, 0.717) is 0 Å². The van der Waals surface area contributed by atoms with Gasteiger partial charge in [0.15, 0.2) is 0 Å². The summed E-state index contributed by atoms with van der Waals surface area (Å²) in [6.07, 6.45) is 0. The van der Waals surface area contributed by atoms with Gasteiger partial charge in [0.05, 0.1) is 0 Å². The van der Waals surface area contributed by atoms with Crippen molar-refractivity contribution in [3.05, 3.63) is 58.6 Å². The van der Waals surface area contributed by atoms with Crippen molar-refractivity contribution in [1.82, 2.24) is 5.32 Å². The van der Waals surface area contributed by atoms with Crippen molar-refractivity contribution in [1.29, 1.82) is 0 Å². The molecule has 0 saturated heterocycles. The van der Waals surface area contributed by atoms with Crippen LogP contribution < -0.4 is 10.2 Å². The van der Waals surface area contributed by atoms with E-state index < -0.39 is 0 Å². The van der Waals surface area contributed by atoms with Crippen LogP contribution in [0.4, 0.5) is 11.4 Å². The highest BCUT2D eigenvalue weighted by Crippen LogP contribution is 2.31. The highest BCUT2D eigenvalue weighted by atomic mass is 35.5. The fourth-order valence-corrected chi connectivity index (χ4v) is 2.84. The molecule has 21 heavy (non-hydrogen) atoms. The zero-order valence-corrected chi connectivity index (χ0v) is 13.9. The number of nitrogens with one attached hydrogen (secondary N) is 1. The van der Waals surface area contributed by atoms with Crippen molar-refractivity contribution < 1.29 is 0 Å². The Bertz CT molecular complexity index is 610. The maximum atomic E-state index is 6.46. The van der Waals surface area contributed by atoms with Crippen LogP contribution in [0.15, 0.2) is 42.5 Å². The van der Waals surface area contributed by atoms with Crippen LogP contribution in [0, 0.1) is 6.92 Å². The van der Waals surface area contributed by atoms with Gasteiger partial charge in [0.1, 0.15) is 0 Å². The second-order valence-corrected chi connectivity index (χ2v) is 5.71. The van der Waals surface area contributed by atoms with Crippen LogP contribution >= 0.6 is 11.6 Å². The molecule has 2 aromatic rings. The van der Waals surface area contributed by atoms with Crippen LogP contribution in [0.3, 0.4) is 0 Å². The van der Waals surface area contributed by atoms with Crippen molar-refractivity contribution in [2.75, 3.05) is 18.5 Å². The molecule has 0 bridgehead atoms. The number of nitrogens with zero attached hydrogens (tertiary/aromatic N) is 1. The topological polar surface area (TPSA) is 15.3 Å². The van der Waals surface area contributed by atoms with Crippen LogP contribution in [0.25, 0.3) is 0 Å². The monoisotopic (exact) mass is 302 g/mol. The summed E-state index contributed by atoms with van der Waals surface area (Å²) in [4.78, 5) is 2.27. The molecule has 2 nitrogen and oxygen atoms in total. The van der Waals surface area contributed by atoms with Crippen LogP contribution in [-0.4, -0.2) is 13.6 Å². The van der Waals surface area contributed by atoms with Gasteiger partial charge < -0.3 is 10.2 Å². The van der Waals surface area contributed by atoms with Gasteiger partial charge >= 0.3 is 0 Å². The summed E-state index contributed by atoms with van der Waals surface area (Å²) in [6, 6.07) is 15.1. The Morgan fingerprint density at radius 1 is 1.14 bits per heavy atom. The van der Waals surface area contributed by atoms with Gasteiger partial charge in [-0.2, -0.15) is 0 Å². The minimum Gasteiger partial charge on any atom is -0.342 e. The van der Waals surface area contributed by atoms with Gasteiger partial charge in [0.25, 0.3) is 0 Å². The molecule has 0 spiro atoms. The first-order valence-electron chi connectivity index (χ1n) is 7.37. The lowest BCUT2D eigenvalue weighted by Crippen LogP contribution is -2.17. The number of rotatable bonds is 5. The minimum absolute atomic E-state index is 0.251. The molecule has 0 radical (unpaired) electrons. The summed E-state index contributed by atoms with van der Waals surface area (Å²) in [5, 5.41) is 4.03. The number of anilines is 2. The van der Waals surface area contributed by atoms with E-state index in [0.717, 1.165) is 22.8 Å². The highest BCUT2D eigenvalue weighted by molar-refractivity contribution is 6.31. The SMILES string of the molecule is CCN(c1cccc(C)c1)c1ccc(C(C)NC)c(Cl)c1. The summed E-state index contributed by atoms with van der Waals surface area (Å²) < 4.78 is 0. The molecule has 1 unspecified atom stereocenters. The maximum absolute atomic E-state index is 6.46. The number of aryl methyl sites for hydroxylation is 1. The van der Waals surface area contributed by atoms with Crippen molar-refractivity contribution in [3.8, 4) is 0 Å². The van der Waals surface area contributed by atoms with Crippen molar-refractivity contribution in [3.63, 3.8) is 0 Å². The van der Waals surface area contributed by atoms with Crippen LogP contribution in [0.5, 0.6) is 0 Å². The van der Waals surface area contributed by atoms with E-state index in [1.165, 1.54) is 11.3 Å². The average Bonchev–Trinajstić information content (AvgIpc) is 2.47. The van der Waals surface area contributed by atoms with Gasteiger partial charge in [-0.05, 0) is 63.2 Å². The van der Waals surface area contributed by atoms with Gasteiger partial charge in [-0.15, -0.1) is 0 Å². The summed E-state index contributed by atoms with van der Waals surface area (Å²) in [5.74, 6) is 0. The molecule has 3 heteroatoms. The summed E-state index contributed by atoms with van der Waals surface area (Å²) in [6.45, 7) is 7.28. The Kier molecular flexibility index (Phi) is 5.27. The third-order valence-corrected chi connectivity index (χ3v) is 4.15. The second kappa shape index (κ2) is 6.97. The lowest BCUT2D eigenvalue weighted by atomic mass is 10.1. The fraction of sp³-hybridized carbons (Fsp3) is 0.333. The van der Waals surface area contributed by atoms with Crippen molar-refractivity contribution >= 4 is 23.0 Å². The Balaban J connectivity index is 2.37. The Morgan fingerprint density at radius 3 is 2.43 bits per heavy atom. The van der Waals surface area contributed by atoms with Gasteiger partial charge in [0, 0.05) is 29.0 Å². The zero-order valence-electron chi connectivity index (χ0n) is 13.2. The van der Waals surface area contributed by atoms with Gasteiger partial charge in [-0.25, -0.2) is 0 Å². The summed E-state index contributed by atoms with van der Waals surface area (Å²) in [7, 11) is 1.94. The first-order valence-corrected chi connectivity index (χ1v) is 7.75. The molecular weight excluding hydrogens is 280 g/mol. The largest absolute Gasteiger partial charge is 0.342 e. The number of hydrogen-bond acceptors (Lipinski definition) is 2. The molecule has 0 aliphatic heterocycles. The van der Waals surface area contributed by atoms with Crippen molar-refractivity contribution in [2.24, 2.45) is 0 Å². The first kappa shape index (κ1) is 15.9. The van der Waals surface area contributed by atoms with Gasteiger partial charge in [-0.1, -0.05) is 29.8 Å². The molecule has 2 aromatic carbocycles. The fourth-order valence-electron chi connectivity index (χ4n) is 2.50. The molecule has 0 aliphatic rings. The van der Waals surface area contributed by atoms with Gasteiger partial charge in [-0.3, -0.25) is 0 Å². The normalized spacial score (nSPS) is 12.2. The predicted octanol–water partition coefficient (Wildman–Crippen LogP) is 5.09. The Hall–Kier alpha value is -1.51. The van der Waals surface area contributed by atoms with E-state index in [9.17, 15) is 0 Å². The predicted molar refractivity (Wildman–Crippen MR) is 92.8 cm³/mol. The lowest BCUT2D eigenvalue weighted by Gasteiger charge is -2.25. The molecule has 0 amide bonds. The third-order valence-electron chi connectivity index (χ3n) is 3.82. The molecule has 1 atom stereocenters. The molecule has 0 aromatic heterocycles. The van der Waals surface area contributed by atoms with Gasteiger partial charge in [0.2, 0.25) is 0 Å². The van der Waals surface area contributed by atoms with E-state index in [4.69, 9.17) is 11.6 Å². The summed E-state index contributed by atoms with van der Waals surface area (Å²) in [5.41, 5.74) is 4.71. The minimum atomic E-state index is 0.251. The third kappa shape index (κ3) is 3.58. The molecule has 2 rings (SSSR count). The van der Waals surface area contributed by atoms with Crippen LogP contribution in [0.2, 0.25) is 5.02 Å². The molecule has 1 N–H and O–H groups in total. The van der Waals surface area contributed by atoms with Crippen molar-refractivity contribution in [2.45, 2.75) is 26.8 Å². The Morgan fingerprint density at radius 2 is 1.86 bits per heavy atom. The number of halogens is 1.